The number of aryl methyl sites for hydroxylation is 2. The lowest BCUT2D eigenvalue weighted by molar-refractivity contribution is -0.152. The van der Waals surface area contributed by atoms with Crippen LogP contribution in [0.3, 0.4) is 0 Å². The molecule has 0 radical (unpaired) electrons. The topological polar surface area (TPSA) is 90.4 Å². The number of nitrogens with zero attached hydrogens (tertiary/aromatic N) is 3. The van der Waals surface area contributed by atoms with Gasteiger partial charge in [-0.05, 0) is 57.2 Å². The highest BCUT2D eigenvalue weighted by Gasteiger charge is 2.80. The summed E-state index contributed by atoms with van der Waals surface area (Å²) in [6, 6.07) is 4.29. The van der Waals surface area contributed by atoms with E-state index in [2.05, 4.69) is 13.2 Å². The van der Waals surface area contributed by atoms with Gasteiger partial charge in [-0.25, -0.2) is 0 Å². The summed E-state index contributed by atoms with van der Waals surface area (Å²) in [4.78, 5) is 47.4. The van der Waals surface area contributed by atoms with Crippen LogP contribution < -0.4 is 4.90 Å². The molecule has 0 aliphatic carbocycles. The second-order valence-electron chi connectivity index (χ2n) is 11.5. The summed E-state index contributed by atoms with van der Waals surface area (Å²) in [6.07, 6.45) is 3.78. The third kappa shape index (κ3) is 3.92. The van der Waals surface area contributed by atoms with Crippen molar-refractivity contribution >= 4 is 23.4 Å². The predicted octanol–water partition coefficient (Wildman–Crippen LogP) is 2.86. The Bertz CT molecular complexity index is 1170. The fraction of sp³-hybridized carbons (Fsp3) is 0.567. The van der Waals surface area contributed by atoms with Gasteiger partial charge in [-0.1, -0.05) is 31.2 Å². The first-order valence-corrected chi connectivity index (χ1v) is 13.4. The molecule has 38 heavy (non-hydrogen) atoms. The van der Waals surface area contributed by atoms with Gasteiger partial charge in [0.2, 0.25) is 11.8 Å². The molecule has 8 nitrogen and oxygen atoms in total. The molecule has 1 aromatic carbocycles. The van der Waals surface area contributed by atoms with Crippen molar-refractivity contribution in [2.45, 2.75) is 64.3 Å². The van der Waals surface area contributed by atoms with E-state index in [9.17, 15) is 19.5 Å². The van der Waals surface area contributed by atoms with Crippen molar-refractivity contribution in [1.29, 1.82) is 0 Å². The summed E-state index contributed by atoms with van der Waals surface area (Å²) in [5.41, 5.74) is 0.577. The van der Waals surface area contributed by atoms with E-state index in [1.807, 2.05) is 45.9 Å². The van der Waals surface area contributed by atoms with Crippen LogP contribution in [0.25, 0.3) is 0 Å². The minimum atomic E-state index is -1.18. The van der Waals surface area contributed by atoms with Gasteiger partial charge in [0, 0.05) is 25.8 Å². The lowest BCUT2D eigenvalue weighted by Crippen LogP contribution is -2.58. The van der Waals surface area contributed by atoms with Crippen molar-refractivity contribution in [2.75, 3.05) is 31.6 Å². The number of amides is 3. The van der Waals surface area contributed by atoms with E-state index < -0.39 is 35.1 Å². The van der Waals surface area contributed by atoms with Gasteiger partial charge < -0.3 is 24.5 Å². The molecule has 0 saturated carbocycles. The Labute approximate surface area is 225 Å². The van der Waals surface area contributed by atoms with Crippen LogP contribution in [-0.2, 0) is 19.1 Å². The number of carbonyl (C=O) groups is 3. The van der Waals surface area contributed by atoms with Crippen molar-refractivity contribution in [1.82, 2.24) is 9.80 Å². The standard InChI is InChI=1S/C30H41N3O5/c1-9-13-31(8)26(35)23-24-27(36)33(21(6)17-34)25(30(24)16-20(5)29(23,7)38-30)28(37)32(14-10-2)22-15-18(3)11-12-19(22)4/h9-12,15,20-21,23-25,34H,1-2,13-14,16-17H2,3-8H3/t20?,21-,23-,24+,25?,29+,30?/m1/s1. The number of rotatable bonds is 9. The van der Waals surface area contributed by atoms with Crippen LogP contribution in [0.2, 0.25) is 0 Å². The number of likely N-dealkylation sites (N-methyl/N-ethyl adjacent to an activating group) is 1. The highest BCUT2D eigenvalue weighted by atomic mass is 16.5. The Morgan fingerprint density at radius 2 is 1.89 bits per heavy atom. The van der Waals surface area contributed by atoms with E-state index in [-0.39, 0.29) is 36.8 Å². The van der Waals surface area contributed by atoms with Crippen molar-refractivity contribution in [3.63, 3.8) is 0 Å². The first-order chi connectivity index (χ1) is 17.9. The van der Waals surface area contributed by atoms with Gasteiger partial charge in [-0.3, -0.25) is 14.4 Å². The number of benzene rings is 1. The molecule has 1 N–H and O–H groups in total. The van der Waals surface area contributed by atoms with Gasteiger partial charge in [0.1, 0.15) is 11.6 Å². The summed E-state index contributed by atoms with van der Waals surface area (Å²) in [7, 11) is 1.69. The molecule has 1 aromatic rings. The van der Waals surface area contributed by atoms with Crippen LogP contribution >= 0.6 is 0 Å². The third-order valence-electron chi connectivity index (χ3n) is 9.00. The molecule has 1 spiro atoms. The van der Waals surface area contributed by atoms with Gasteiger partial charge in [-0.2, -0.15) is 0 Å². The maximum absolute atomic E-state index is 14.6. The van der Waals surface area contributed by atoms with Crippen LogP contribution in [0.1, 0.15) is 38.3 Å². The Morgan fingerprint density at radius 3 is 2.50 bits per heavy atom. The van der Waals surface area contributed by atoms with Crippen LogP contribution in [0.4, 0.5) is 5.69 Å². The molecule has 0 aromatic heterocycles. The second-order valence-corrected chi connectivity index (χ2v) is 11.5. The van der Waals surface area contributed by atoms with Crippen molar-refractivity contribution in [3.05, 3.63) is 54.6 Å². The molecule has 3 fully saturated rings. The maximum Gasteiger partial charge on any atom is 0.253 e. The molecular formula is C30H41N3O5. The van der Waals surface area contributed by atoms with Gasteiger partial charge in [0.05, 0.1) is 30.1 Å². The lowest BCUT2D eigenvalue weighted by atomic mass is 9.62. The third-order valence-corrected chi connectivity index (χ3v) is 9.00. The lowest BCUT2D eigenvalue weighted by Gasteiger charge is -2.39. The number of aliphatic hydroxyl groups is 1. The Morgan fingerprint density at radius 1 is 1.24 bits per heavy atom. The first kappa shape index (κ1) is 28.0. The fourth-order valence-electron chi connectivity index (χ4n) is 7.01. The largest absolute Gasteiger partial charge is 0.394 e. The quantitative estimate of drug-likeness (QED) is 0.503. The maximum atomic E-state index is 14.6. The summed E-state index contributed by atoms with van der Waals surface area (Å²) >= 11 is 0. The molecule has 3 saturated heterocycles. The molecule has 7 atom stereocenters. The minimum Gasteiger partial charge on any atom is -0.394 e. The van der Waals surface area contributed by atoms with Crippen LogP contribution in [-0.4, -0.2) is 82.7 Å². The van der Waals surface area contributed by atoms with Crippen molar-refractivity contribution in [3.8, 4) is 0 Å². The van der Waals surface area contributed by atoms with E-state index >= 15 is 0 Å². The van der Waals surface area contributed by atoms with E-state index in [1.54, 1.807) is 35.9 Å². The first-order valence-electron chi connectivity index (χ1n) is 13.4. The molecule has 8 heteroatoms. The highest BCUT2D eigenvalue weighted by molar-refractivity contribution is 6.05. The number of fused-ring (bicyclic) bond motifs is 1. The zero-order valence-electron chi connectivity index (χ0n) is 23.4. The molecule has 3 heterocycles. The number of aliphatic hydroxyl groups excluding tert-OH is 1. The van der Waals surface area contributed by atoms with Crippen LogP contribution in [0, 0.1) is 31.6 Å². The minimum absolute atomic E-state index is 0.0640. The normalized spacial score (nSPS) is 32.2. The molecule has 2 bridgehead atoms. The monoisotopic (exact) mass is 523 g/mol. The highest BCUT2D eigenvalue weighted by Crippen LogP contribution is 2.65. The summed E-state index contributed by atoms with van der Waals surface area (Å²) < 4.78 is 6.80. The number of carbonyl (C=O) groups excluding carboxylic acids is 3. The molecule has 3 aliphatic rings. The Balaban J connectivity index is 1.88. The molecule has 4 rings (SSSR count). The van der Waals surface area contributed by atoms with E-state index in [4.69, 9.17) is 4.74 Å². The molecule has 206 valence electrons. The van der Waals surface area contributed by atoms with Crippen molar-refractivity contribution in [2.24, 2.45) is 17.8 Å². The van der Waals surface area contributed by atoms with Crippen LogP contribution in [0.15, 0.2) is 43.5 Å². The van der Waals surface area contributed by atoms with E-state index in [0.29, 0.717) is 13.0 Å². The van der Waals surface area contributed by atoms with Gasteiger partial charge in [0.15, 0.2) is 0 Å². The molecule has 3 unspecified atom stereocenters. The summed E-state index contributed by atoms with van der Waals surface area (Å²) in [5.74, 6) is -2.43. The Hall–Kier alpha value is -2.97. The van der Waals surface area contributed by atoms with Crippen molar-refractivity contribution < 1.29 is 24.2 Å². The molecule has 3 amide bonds. The number of anilines is 1. The fourth-order valence-corrected chi connectivity index (χ4v) is 7.01. The van der Waals surface area contributed by atoms with Gasteiger partial charge >= 0.3 is 0 Å². The Kier molecular flexibility index (Phi) is 7.36. The second kappa shape index (κ2) is 9.97. The van der Waals surface area contributed by atoms with Crippen LogP contribution in [0.5, 0.6) is 0 Å². The van der Waals surface area contributed by atoms with E-state index in [0.717, 1.165) is 16.8 Å². The zero-order chi connectivity index (χ0) is 28.2. The van der Waals surface area contributed by atoms with Gasteiger partial charge in [-0.15, -0.1) is 13.2 Å². The predicted molar refractivity (Wildman–Crippen MR) is 146 cm³/mol. The average molecular weight is 524 g/mol. The van der Waals surface area contributed by atoms with E-state index in [1.165, 1.54) is 4.90 Å². The number of hydrogen-bond acceptors (Lipinski definition) is 5. The average Bonchev–Trinajstić information content (AvgIpc) is 3.39. The number of likely N-dealkylation sites (tertiary alicyclic amines) is 1. The summed E-state index contributed by atoms with van der Waals surface area (Å²) in [6.45, 7) is 17.4. The SMILES string of the molecule is C=CCN(C)C(=O)[C@H]1[C@H]2C(=O)N([C@H](C)CO)C(C(=O)N(CC=C)c3cc(C)ccc3C)C23CC(C)[C@]1(C)O3. The number of hydrogen-bond donors (Lipinski definition) is 1. The zero-order valence-corrected chi connectivity index (χ0v) is 23.4. The van der Waals surface area contributed by atoms with Gasteiger partial charge in [0.25, 0.3) is 5.91 Å². The molecule has 3 aliphatic heterocycles. The number of ether oxygens (including phenoxy) is 1. The smallest absolute Gasteiger partial charge is 0.253 e. The molecular weight excluding hydrogens is 482 g/mol. The summed E-state index contributed by atoms with van der Waals surface area (Å²) in [5, 5.41) is 10.2.